The predicted octanol–water partition coefficient (Wildman–Crippen LogP) is 4.01. The summed E-state index contributed by atoms with van der Waals surface area (Å²) in [5, 5.41) is 1.12. The maximum Gasteiger partial charge on any atom is 0.319 e. The maximum atomic E-state index is 11.4. The molecule has 6 heteroatoms. The van der Waals surface area contributed by atoms with Crippen molar-refractivity contribution in [2.75, 3.05) is 0 Å². The van der Waals surface area contributed by atoms with Crippen LogP contribution in [0.1, 0.15) is 0 Å². The van der Waals surface area contributed by atoms with E-state index in [1.165, 1.54) is 0 Å². The topological polar surface area (TPSA) is 26.3 Å². The standard InChI is InChI=1S/C8H11Br2O2PSi/c1-14(2,12-13(9,10)11)8-6-4-3-5-7-8/h3-7H,1-2H3. The van der Waals surface area contributed by atoms with Crippen LogP contribution in [0, 0.1) is 0 Å². The molecular formula is C8H11Br2O2PSi. The van der Waals surface area contributed by atoms with Crippen LogP contribution in [0.4, 0.5) is 0 Å². The molecule has 0 saturated carbocycles. The van der Waals surface area contributed by atoms with Crippen molar-refractivity contribution < 1.29 is 8.78 Å². The number of halogens is 2. The highest BCUT2D eigenvalue weighted by Gasteiger charge is 2.32. The van der Waals surface area contributed by atoms with Gasteiger partial charge in [0.1, 0.15) is 0 Å². The minimum atomic E-state index is -2.77. The van der Waals surface area contributed by atoms with Crippen LogP contribution in [0.15, 0.2) is 30.3 Å². The van der Waals surface area contributed by atoms with E-state index in [2.05, 4.69) is 31.0 Å². The Bertz CT molecular complexity index is 350. The number of hydrogen-bond acceptors (Lipinski definition) is 2. The Hall–Kier alpha value is 0.587. The first kappa shape index (κ1) is 12.7. The van der Waals surface area contributed by atoms with Crippen molar-refractivity contribution in [3.05, 3.63) is 30.3 Å². The zero-order valence-electron chi connectivity index (χ0n) is 7.91. The Morgan fingerprint density at radius 3 is 2.14 bits per heavy atom. The molecular weight excluding hydrogens is 347 g/mol. The third-order valence-corrected chi connectivity index (χ3v) is 8.81. The van der Waals surface area contributed by atoms with Crippen LogP contribution in [-0.4, -0.2) is 8.32 Å². The Kier molecular flexibility index (Phi) is 4.18. The molecule has 0 spiro atoms. The lowest BCUT2D eigenvalue weighted by Crippen LogP contribution is -2.42. The first-order chi connectivity index (χ1) is 6.31. The van der Waals surface area contributed by atoms with Crippen LogP contribution in [0.5, 0.6) is 0 Å². The second kappa shape index (κ2) is 4.62. The fraction of sp³-hybridized carbons (Fsp3) is 0.250. The molecule has 14 heavy (non-hydrogen) atoms. The second-order valence-corrected chi connectivity index (χ2v) is 17.0. The predicted molar refractivity (Wildman–Crippen MR) is 70.1 cm³/mol. The van der Waals surface area contributed by atoms with Crippen LogP contribution >= 0.6 is 35.8 Å². The SMILES string of the molecule is C[Si](C)(OP(=O)(Br)Br)c1ccccc1. The molecule has 1 rings (SSSR count). The molecule has 0 aliphatic carbocycles. The number of hydrogen-bond donors (Lipinski definition) is 0. The van der Waals surface area contributed by atoms with Crippen molar-refractivity contribution in [2.24, 2.45) is 0 Å². The Morgan fingerprint density at radius 2 is 1.71 bits per heavy atom. The molecule has 0 amide bonds. The van der Waals surface area contributed by atoms with Crippen molar-refractivity contribution in [2.45, 2.75) is 13.1 Å². The molecule has 0 bridgehead atoms. The van der Waals surface area contributed by atoms with E-state index in [-0.39, 0.29) is 0 Å². The summed E-state index contributed by atoms with van der Waals surface area (Å²) in [7, 11) is -2.07. The van der Waals surface area contributed by atoms with Gasteiger partial charge in [0.2, 0.25) is 8.32 Å². The molecule has 2 nitrogen and oxygen atoms in total. The monoisotopic (exact) mass is 356 g/mol. The Morgan fingerprint density at radius 1 is 1.21 bits per heavy atom. The van der Waals surface area contributed by atoms with Crippen molar-refractivity contribution in [1.82, 2.24) is 0 Å². The van der Waals surface area contributed by atoms with E-state index in [0.29, 0.717) is 0 Å². The smallest absolute Gasteiger partial charge is 0.319 e. The van der Waals surface area contributed by atoms with Crippen molar-refractivity contribution >= 4 is 49.3 Å². The molecule has 0 radical (unpaired) electrons. The lowest BCUT2D eigenvalue weighted by atomic mass is 10.4. The largest absolute Gasteiger partial charge is 0.350 e. The molecule has 0 aliphatic rings. The molecule has 1 aromatic rings. The summed E-state index contributed by atoms with van der Waals surface area (Å²) in [6.07, 6.45) is 0. The van der Waals surface area contributed by atoms with E-state index in [1.807, 2.05) is 43.4 Å². The zero-order valence-corrected chi connectivity index (χ0v) is 13.0. The molecule has 0 heterocycles. The van der Waals surface area contributed by atoms with Gasteiger partial charge in [-0.25, -0.2) is 0 Å². The highest BCUT2D eigenvalue weighted by Crippen LogP contribution is 2.63. The highest BCUT2D eigenvalue weighted by molar-refractivity contribution is 9.70. The molecule has 0 aromatic heterocycles. The van der Waals surface area contributed by atoms with E-state index < -0.39 is 13.1 Å². The third-order valence-electron chi connectivity index (χ3n) is 1.80. The van der Waals surface area contributed by atoms with Crippen LogP contribution in [0.2, 0.25) is 13.1 Å². The first-order valence-corrected chi connectivity index (χ1v) is 12.6. The van der Waals surface area contributed by atoms with Crippen LogP contribution in [0.25, 0.3) is 0 Å². The molecule has 0 fully saturated rings. The Balaban J connectivity index is 2.92. The van der Waals surface area contributed by atoms with Crippen LogP contribution in [-0.2, 0) is 8.78 Å². The van der Waals surface area contributed by atoms with Gasteiger partial charge in [0.15, 0.2) is 0 Å². The summed E-state index contributed by atoms with van der Waals surface area (Å²) in [6, 6.07) is 9.88. The summed E-state index contributed by atoms with van der Waals surface area (Å²) in [6.45, 7) is 4.02. The van der Waals surface area contributed by atoms with E-state index in [0.717, 1.165) is 5.19 Å². The fourth-order valence-electron chi connectivity index (χ4n) is 1.16. The van der Waals surface area contributed by atoms with E-state index in [4.69, 9.17) is 4.21 Å². The summed E-state index contributed by atoms with van der Waals surface area (Å²) in [5.41, 5.74) is 0. The van der Waals surface area contributed by atoms with Gasteiger partial charge in [0, 0.05) is 31.0 Å². The summed E-state index contributed by atoms with van der Waals surface area (Å²) < 4.78 is 14.2. The van der Waals surface area contributed by atoms with E-state index >= 15 is 0 Å². The quantitative estimate of drug-likeness (QED) is 0.603. The molecule has 1 aromatic carbocycles. The fourth-order valence-corrected chi connectivity index (χ4v) is 11.2. The molecule has 0 atom stereocenters. The van der Waals surface area contributed by atoms with Gasteiger partial charge in [-0.3, -0.25) is 4.57 Å². The lowest BCUT2D eigenvalue weighted by molar-refractivity contribution is 0.520. The van der Waals surface area contributed by atoms with Gasteiger partial charge < -0.3 is 4.21 Å². The van der Waals surface area contributed by atoms with Gasteiger partial charge >= 0.3 is 4.77 Å². The lowest BCUT2D eigenvalue weighted by Gasteiger charge is -2.23. The molecule has 0 N–H and O–H groups in total. The number of benzene rings is 1. The molecule has 0 unspecified atom stereocenters. The minimum Gasteiger partial charge on any atom is -0.350 e. The van der Waals surface area contributed by atoms with Gasteiger partial charge in [-0.1, -0.05) is 30.3 Å². The van der Waals surface area contributed by atoms with Gasteiger partial charge in [-0.05, 0) is 18.3 Å². The number of rotatable bonds is 3. The van der Waals surface area contributed by atoms with Crippen molar-refractivity contribution in [3.8, 4) is 0 Å². The van der Waals surface area contributed by atoms with Crippen LogP contribution < -0.4 is 5.19 Å². The van der Waals surface area contributed by atoms with E-state index in [9.17, 15) is 4.57 Å². The summed E-state index contributed by atoms with van der Waals surface area (Å²) >= 11 is 5.99. The second-order valence-electron chi connectivity index (χ2n) is 3.38. The molecule has 0 aliphatic heterocycles. The summed E-state index contributed by atoms with van der Waals surface area (Å²) in [4.78, 5) is 0. The molecule has 0 saturated heterocycles. The van der Waals surface area contributed by atoms with Crippen molar-refractivity contribution in [1.29, 1.82) is 0 Å². The van der Waals surface area contributed by atoms with Crippen molar-refractivity contribution in [3.63, 3.8) is 0 Å². The van der Waals surface area contributed by atoms with Gasteiger partial charge in [-0.15, -0.1) is 0 Å². The van der Waals surface area contributed by atoms with Crippen LogP contribution in [0.3, 0.4) is 0 Å². The van der Waals surface area contributed by atoms with Gasteiger partial charge in [-0.2, -0.15) is 0 Å². The van der Waals surface area contributed by atoms with E-state index in [1.54, 1.807) is 0 Å². The highest BCUT2D eigenvalue weighted by atomic mass is 79.9. The van der Waals surface area contributed by atoms with Gasteiger partial charge in [0.25, 0.3) is 0 Å². The third kappa shape index (κ3) is 3.99. The average Bonchev–Trinajstić information content (AvgIpc) is 2.01. The first-order valence-electron chi connectivity index (χ1n) is 4.07. The maximum absolute atomic E-state index is 11.4. The normalized spacial score (nSPS) is 12.9. The Labute approximate surface area is 101 Å². The average molecular weight is 358 g/mol. The minimum absolute atomic E-state index is 1.12. The zero-order chi connectivity index (χ0) is 10.8. The summed E-state index contributed by atoms with van der Waals surface area (Å²) in [5.74, 6) is 0. The van der Waals surface area contributed by atoms with Gasteiger partial charge in [0.05, 0.1) is 0 Å². The molecule has 78 valence electrons.